The molecule has 0 aliphatic heterocycles. The van der Waals surface area contributed by atoms with Crippen LogP contribution in [-0.2, 0) is 6.54 Å². The van der Waals surface area contributed by atoms with Crippen molar-refractivity contribution in [2.45, 2.75) is 34.2 Å². The Morgan fingerprint density at radius 2 is 1.72 bits per heavy atom. The van der Waals surface area contributed by atoms with Gasteiger partial charge in [0.2, 0.25) is 0 Å². The predicted octanol–water partition coefficient (Wildman–Crippen LogP) is 3.40. The lowest BCUT2D eigenvalue weighted by atomic mass is 10.00. The minimum absolute atomic E-state index is 0.536. The minimum Gasteiger partial charge on any atom is -0.383 e. The van der Waals surface area contributed by atoms with Crippen LogP contribution in [0.4, 0.5) is 5.82 Å². The molecule has 2 rings (SSSR count). The van der Waals surface area contributed by atoms with E-state index in [9.17, 15) is 0 Å². The summed E-state index contributed by atoms with van der Waals surface area (Å²) >= 11 is 6.06. The molecule has 4 heteroatoms. The highest BCUT2D eigenvalue weighted by atomic mass is 35.5. The number of nitrogen functional groups attached to an aromatic ring is 1. The first kappa shape index (κ1) is 13.0. The van der Waals surface area contributed by atoms with E-state index >= 15 is 0 Å². The van der Waals surface area contributed by atoms with Gasteiger partial charge in [-0.2, -0.15) is 5.10 Å². The zero-order valence-electron chi connectivity index (χ0n) is 11.2. The van der Waals surface area contributed by atoms with Crippen LogP contribution in [0.2, 0.25) is 5.02 Å². The Kier molecular flexibility index (Phi) is 3.35. The summed E-state index contributed by atoms with van der Waals surface area (Å²) in [4.78, 5) is 0. The molecule has 0 saturated heterocycles. The maximum Gasteiger partial charge on any atom is 0.141 e. The molecule has 0 amide bonds. The molecule has 0 spiro atoms. The highest BCUT2D eigenvalue weighted by molar-refractivity contribution is 6.33. The van der Waals surface area contributed by atoms with Gasteiger partial charge in [0.15, 0.2) is 0 Å². The Morgan fingerprint density at radius 1 is 1.17 bits per heavy atom. The van der Waals surface area contributed by atoms with Crippen molar-refractivity contribution in [3.8, 4) is 0 Å². The molecule has 3 nitrogen and oxygen atoms in total. The van der Waals surface area contributed by atoms with Gasteiger partial charge in [0.25, 0.3) is 0 Å². The number of rotatable bonds is 2. The number of nitrogens with zero attached hydrogens (tertiary/aromatic N) is 2. The lowest BCUT2D eigenvalue weighted by Gasteiger charge is -2.12. The fourth-order valence-corrected chi connectivity index (χ4v) is 2.44. The quantitative estimate of drug-likeness (QED) is 0.902. The highest BCUT2D eigenvalue weighted by Gasteiger charge is 2.12. The molecule has 18 heavy (non-hydrogen) atoms. The smallest absolute Gasteiger partial charge is 0.141 e. The van der Waals surface area contributed by atoms with Crippen molar-refractivity contribution in [1.29, 1.82) is 0 Å². The molecule has 0 bridgehead atoms. The summed E-state index contributed by atoms with van der Waals surface area (Å²) in [5.74, 6) is 0.536. The molecule has 0 aliphatic carbocycles. The van der Waals surface area contributed by atoms with Crippen molar-refractivity contribution in [2.24, 2.45) is 0 Å². The van der Waals surface area contributed by atoms with E-state index < -0.39 is 0 Å². The van der Waals surface area contributed by atoms with Gasteiger partial charge in [0.05, 0.1) is 12.2 Å². The number of aromatic nitrogens is 2. The van der Waals surface area contributed by atoms with Crippen molar-refractivity contribution in [3.05, 3.63) is 45.1 Å². The van der Waals surface area contributed by atoms with Crippen molar-refractivity contribution in [1.82, 2.24) is 9.78 Å². The Balaban J connectivity index is 2.43. The Morgan fingerprint density at radius 3 is 2.17 bits per heavy atom. The van der Waals surface area contributed by atoms with Crippen LogP contribution < -0.4 is 5.73 Å². The molecule has 0 unspecified atom stereocenters. The lowest BCUT2D eigenvalue weighted by Crippen LogP contribution is -2.08. The topological polar surface area (TPSA) is 43.8 Å². The van der Waals surface area contributed by atoms with Crippen molar-refractivity contribution in [3.63, 3.8) is 0 Å². The largest absolute Gasteiger partial charge is 0.383 e. The third-order valence-corrected chi connectivity index (χ3v) is 3.71. The number of hydrogen-bond acceptors (Lipinski definition) is 2. The van der Waals surface area contributed by atoms with Gasteiger partial charge >= 0.3 is 0 Å². The molecule has 1 aromatic heterocycles. The van der Waals surface area contributed by atoms with Gasteiger partial charge in [-0.1, -0.05) is 29.3 Å². The second kappa shape index (κ2) is 4.65. The van der Waals surface area contributed by atoms with Crippen LogP contribution in [0, 0.1) is 27.7 Å². The van der Waals surface area contributed by atoms with E-state index in [-0.39, 0.29) is 0 Å². The number of nitrogens with two attached hydrogens (primary N) is 1. The first-order valence-electron chi connectivity index (χ1n) is 5.95. The van der Waals surface area contributed by atoms with Crippen molar-refractivity contribution in [2.75, 3.05) is 5.73 Å². The second-order valence-corrected chi connectivity index (χ2v) is 5.20. The number of benzene rings is 1. The van der Waals surface area contributed by atoms with E-state index in [0.29, 0.717) is 17.4 Å². The molecular weight excluding hydrogens is 246 g/mol. The number of anilines is 1. The third kappa shape index (κ3) is 2.23. The van der Waals surface area contributed by atoms with E-state index in [1.807, 2.05) is 6.92 Å². The zero-order chi connectivity index (χ0) is 13.4. The third-order valence-electron chi connectivity index (χ3n) is 3.24. The molecule has 2 aromatic rings. The molecule has 1 heterocycles. The number of halogens is 1. The Bertz CT molecular complexity index is 576. The van der Waals surface area contributed by atoms with Crippen LogP contribution >= 0.6 is 11.6 Å². The van der Waals surface area contributed by atoms with Gasteiger partial charge in [0.1, 0.15) is 10.8 Å². The summed E-state index contributed by atoms with van der Waals surface area (Å²) < 4.78 is 1.77. The van der Waals surface area contributed by atoms with Crippen LogP contribution in [0.1, 0.15) is 27.9 Å². The molecular formula is C14H18ClN3. The van der Waals surface area contributed by atoms with E-state index in [2.05, 4.69) is 38.0 Å². The van der Waals surface area contributed by atoms with Crippen LogP contribution in [0.5, 0.6) is 0 Å². The molecule has 96 valence electrons. The van der Waals surface area contributed by atoms with Crippen molar-refractivity contribution < 1.29 is 0 Å². The summed E-state index contributed by atoms with van der Waals surface area (Å²) in [7, 11) is 0. The highest BCUT2D eigenvalue weighted by Crippen LogP contribution is 2.24. The molecule has 0 saturated carbocycles. The van der Waals surface area contributed by atoms with Gasteiger partial charge in [-0.3, -0.25) is 0 Å². The molecule has 0 aliphatic rings. The first-order valence-corrected chi connectivity index (χ1v) is 6.33. The van der Waals surface area contributed by atoms with E-state index in [1.54, 1.807) is 4.68 Å². The monoisotopic (exact) mass is 263 g/mol. The van der Waals surface area contributed by atoms with Crippen LogP contribution in [0.3, 0.4) is 0 Å². The summed E-state index contributed by atoms with van der Waals surface area (Å²) in [6, 6.07) is 4.35. The van der Waals surface area contributed by atoms with Crippen molar-refractivity contribution >= 4 is 17.4 Å². The van der Waals surface area contributed by atoms with Gasteiger partial charge in [0, 0.05) is 0 Å². The predicted molar refractivity (Wildman–Crippen MR) is 76.1 cm³/mol. The molecule has 1 aromatic carbocycles. The lowest BCUT2D eigenvalue weighted by molar-refractivity contribution is 0.683. The normalized spacial score (nSPS) is 10.9. The molecule has 0 atom stereocenters. The number of aryl methyl sites for hydroxylation is 4. The molecule has 0 radical (unpaired) electrons. The van der Waals surface area contributed by atoms with Gasteiger partial charge in [-0.05, 0) is 44.4 Å². The molecule has 2 N–H and O–H groups in total. The van der Waals surface area contributed by atoms with Gasteiger partial charge < -0.3 is 5.73 Å². The van der Waals surface area contributed by atoms with Gasteiger partial charge in [-0.15, -0.1) is 0 Å². The van der Waals surface area contributed by atoms with E-state index in [0.717, 1.165) is 5.69 Å². The van der Waals surface area contributed by atoms with E-state index in [1.165, 1.54) is 22.3 Å². The van der Waals surface area contributed by atoms with Crippen LogP contribution in [0.15, 0.2) is 12.1 Å². The van der Waals surface area contributed by atoms with Crippen LogP contribution in [0.25, 0.3) is 0 Å². The second-order valence-electron chi connectivity index (χ2n) is 4.82. The Hall–Kier alpha value is -1.48. The zero-order valence-corrected chi connectivity index (χ0v) is 12.0. The SMILES string of the molecule is Cc1cc(C)c(Cn2nc(C)c(Cl)c2N)c(C)c1. The molecule has 0 fully saturated rings. The summed E-state index contributed by atoms with van der Waals surface area (Å²) in [5.41, 5.74) is 11.8. The maximum atomic E-state index is 6.06. The average Bonchev–Trinajstić information content (AvgIpc) is 2.51. The minimum atomic E-state index is 0.536. The fourth-order valence-electron chi connectivity index (χ4n) is 2.31. The average molecular weight is 264 g/mol. The Labute approximate surface area is 113 Å². The first-order chi connectivity index (χ1) is 8.40. The fraction of sp³-hybridized carbons (Fsp3) is 0.357. The number of hydrogen-bond donors (Lipinski definition) is 1. The summed E-state index contributed by atoms with van der Waals surface area (Å²) in [6.45, 7) is 8.86. The summed E-state index contributed by atoms with van der Waals surface area (Å²) in [6.07, 6.45) is 0. The van der Waals surface area contributed by atoms with Gasteiger partial charge in [-0.25, -0.2) is 4.68 Å². The van der Waals surface area contributed by atoms with E-state index in [4.69, 9.17) is 17.3 Å². The standard InChI is InChI=1S/C14H18ClN3/c1-8-5-9(2)12(10(3)6-8)7-18-14(16)13(15)11(4)17-18/h5-6H,7,16H2,1-4H3. The van der Waals surface area contributed by atoms with Crippen LogP contribution in [-0.4, -0.2) is 9.78 Å². The summed E-state index contributed by atoms with van der Waals surface area (Å²) in [5, 5.41) is 4.92. The maximum absolute atomic E-state index is 6.06.